The van der Waals surface area contributed by atoms with Crippen LogP contribution in [0.15, 0.2) is 30.3 Å². The van der Waals surface area contributed by atoms with Gasteiger partial charge in [0.2, 0.25) is 0 Å². The number of nitrogens with one attached hydrogen (secondary N) is 1. The van der Waals surface area contributed by atoms with E-state index in [0.29, 0.717) is 30.5 Å². The molecule has 10 nitrogen and oxygen atoms in total. The molecule has 2 aliphatic heterocycles. The lowest BCUT2D eigenvalue weighted by Gasteiger charge is -2.42. The van der Waals surface area contributed by atoms with Gasteiger partial charge in [-0.05, 0) is 56.9 Å². The predicted molar refractivity (Wildman–Crippen MR) is 155 cm³/mol. The van der Waals surface area contributed by atoms with Gasteiger partial charge in [-0.2, -0.15) is 5.26 Å². The van der Waals surface area contributed by atoms with Crippen LogP contribution in [0.4, 0.5) is 16.3 Å². The van der Waals surface area contributed by atoms with E-state index in [-0.39, 0.29) is 6.04 Å². The predicted octanol–water partition coefficient (Wildman–Crippen LogP) is 4.56. The summed E-state index contributed by atoms with van der Waals surface area (Å²) in [4.78, 5) is 27.1. The number of hydrogen-bond donors (Lipinski definition) is 2. The average Bonchev–Trinajstić information content (AvgIpc) is 2.96. The summed E-state index contributed by atoms with van der Waals surface area (Å²) in [7, 11) is 1.69. The van der Waals surface area contributed by atoms with Crippen LogP contribution in [0.25, 0.3) is 10.9 Å². The largest absolute Gasteiger partial charge is 0.495 e. The first-order valence-electron chi connectivity index (χ1n) is 13.9. The fourth-order valence-corrected chi connectivity index (χ4v) is 6.06. The molecule has 1 atom stereocenters. The molecule has 2 N–H and O–H groups in total. The van der Waals surface area contributed by atoms with E-state index in [4.69, 9.17) is 14.7 Å². The molecule has 2 fully saturated rings. The third-order valence-corrected chi connectivity index (χ3v) is 8.33. The van der Waals surface area contributed by atoms with Crippen LogP contribution in [-0.2, 0) is 0 Å². The standard InChI is InChI=1S/C30H37N7O3/c1-19-22(18-31)6-5-7-24(19)20(2)32-29-25-16-27(28(40-4)17-26(25)33-21(3)34-29)36-10-8-23(9-11-36)35-12-14-37(15-13-35)30(38)39/h5-7,16-17,20,23H,8-15H2,1-4H3,(H,38,39)(H,32,33,34)/t20-/m1/s1. The summed E-state index contributed by atoms with van der Waals surface area (Å²) in [6.07, 6.45) is 1.19. The number of benzene rings is 2. The highest BCUT2D eigenvalue weighted by Crippen LogP contribution is 2.37. The SMILES string of the molecule is COc1cc2nc(C)nc(N[C@H](C)c3cccc(C#N)c3C)c2cc1N1CCC(N2CCN(C(=O)O)CC2)CC1. The van der Waals surface area contributed by atoms with Crippen molar-refractivity contribution in [2.75, 3.05) is 56.6 Å². The number of piperazine rings is 1. The molecule has 3 heterocycles. The van der Waals surface area contributed by atoms with Crippen molar-refractivity contribution < 1.29 is 14.6 Å². The van der Waals surface area contributed by atoms with Crippen molar-refractivity contribution in [3.8, 4) is 11.8 Å². The summed E-state index contributed by atoms with van der Waals surface area (Å²) >= 11 is 0. The van der Waals surface area contributed by atoms with E-state index in [9.17, 15) is 15.2 Å². The van der Waals surface area contributed by atoms with Crippen molar-refractivity contribution in [3.05, 3.63) is 52.8 Å². The zero-order chi connectivity index (χ0) is 28.4. The van der Waals surface area contributed by atoms with E-state index in [2.05, 4.69) is 34.2 Å². The molecule has 10 heteroatoms. The fraction of sp³-hybridized carbons (Fsp3) is 0.467. The maximum absolute atomic E-state index is 11.3. The molecule has 210 valence electrons. The summed E-state index contributed by atoms with van der Waals surface area (Å²) in [5.74, 6) is 2.21. The van der Waals surface area contributed by atoms with Crippen LogP contribution in [0.1, 0.15) is 48.3 Å². The third-order valence-electron chi connectivity index (χ3n) is 8.33. The molecular weight excluding hydrogens is 506 g/mol. The Bertz CT molecular complexity index is 1440. The Hall–Kier alpha value is -4.10. The van der Waals surface area contributed by atoms with Gasteiger partial charge in [0, 0.05) is 56.8 Å². The van der Waals surface area contributed by atoms with E-state index in [0.717, 1.165) is 78.3 Å². The van der Waals surface area contributed by atoms with E-state index < -0.39 is 6.09 Å². The van der Waals surface area contributed by atoms with E-state index in [1.807, 2.05) is 38.1 Å². The average molecular weight is 544 g/mol. The van der Waals surface area contributed by atoms with Crippen molar-refractivity contribution in [2.45, 2.75) is 45.7 Å². The molecule has 1 aromatic heterocycles. The molecule has 0 aliphatic carbocycles. The molecule has 0 unspecified atom stereocenters. The van der Waals surface area contributed by atoms with Gasteiger partial charge in [-0.3, -0.25) is 4.90 Å². The van der Waals surface area contributed by atoms with Gasteiger partial charge in [0.05, 0.1) is 36.0 Å². The number of anilines is 2. The van der Waals surface area contributed by atoms with E-state index >= 15 is 0 Å². The van der Waals surface area contributed by atoms with Gasteiger partial charge in [0.25, 0.3) is 0 Å². The quantitative estimate of drug-likeness (QED) is 0.461. The topological polar surface area (TPSA) is 118 Å². The smallest absolute Gasteiger partial charge is 0.407 e. The molecule has 0 radical (unpaired) electrons. The number of nitriles is 1. The first kappa shape index (κ1) is 27.5. The van der Waals surface area contributed by atoms with Crippen LogP contribution < -0.4 is 15.0 Å². The Kier molecular flexibility index (Phi) is 7.94. The molecule has 5 rings (SSSR count). The minimum Gasteiger partial charge on any atom is -0.495 e. The van der Waals surface area contributed by atoms with Gasteiger partial charge in [-0.15, -0.1) is 0 Å². The fourth-order valence-electron chi connectivity index (χ4n) is 6.06. The van der Waals surface area contributed by atoms with Gasteiger partial charge in [-0.25, -0.2) is 14.8 Å². The monoisotopic (exact) mass is 543 g/mol. The minimum atomic E-state index is -0.828. The number of aromatic nitrogens is 2. The Morgan fingerprint density at radius 3 is 2.50 bits per heavy atom. The highest BCUT2D eigenvalue weighted by atomic mass is 16.5. The number of carbonyl (C=O) groups is 1. The van der Waals surface area contributed by atoms with Gasteiger partial charge >= 0.3 is 6.09 Å². The summed E-state index contributed by atoms with van der Waals surface area (Å²) < 4.78 is 5.83. The van der Waals surface area contributed by atoms with Crippen molar-refractivity contribution in [3.63, 3.8) is 0 Å². The van der Waals surface area contributed by atoms with Crippen molar-refractivity contribution >= 4 is 28.5 Å². The second-order valence-electron chi connectivity index (χ2n) is 10.7. The van der Waals surface area contributed by atoms with Gasteiger partial charge in [0.15, 0.2) is 0 Å². The van der Waals surface area contributed by atoms with Crippen LogP contribution in [0, 0.1) is 25.2 Å². The normalized spacial score (nSPS) is 17.5. The maximum Gasteiger partial charge on any atom is 0.407 e. The van der Waals surface area contributed by atoms with Crippen molar-refractivity contribution in [2.24, 2.45) is 0 Å². The van der Waals surface area contributed by atoms with Gasteiger partial charge in [-0.1, -0.05) is 12.1 Å². The maximum atomic E-state index is 11.3. The molecule has 2 aromatic carbocycles. The molecular formula is C30H37N7O3. The lowest BCUT2D eigenvalue weighted by molar-refractivity contribution is 0.0775. The summed E-state index contributed by atoms with van der Waals surface area (Å²) in [6, 6.07) is 12.6. The minimum absolute atomic E-state index is 0.0614. The number of methoxy groups -OCH3 is 1. The molecule has 1 amide bonds. The molecule has 0 bridgehead atoms. The lowest BCUT2D eigenvalue weighted by atomic mass is 9.98. The molecule has 40 heavy (non-hydrogen) atoms. The number of amides is 1. The van der Waals surface area contributed by atoms with Crippen LogP contribution in [-0.4, -0.2) is 83.4 Å². The highest BCUT2D eigenvalue weighted by molar-refractivity contribution is 5.94. The second-order valence-corrected chi connectivity index (χ2v) is 10.7. The zero-order valence-electron chi connectivity index (χ0n) is 23.6. The van der Waals surface area contributed by atoms with Crippen molar-refractivity contribution in [1.29, 1.82) is 5.26 Å². The number of fused-ring (bicyclic) bond motifs is 1. The van der Waals surface area contributed by atoms with Gasteiger partial charge in [0.1, 0.15) is 17.4 Å². The Balaban J connectivity index is 1.38. The molecule has 3 aromatic rings. The zero-order valence-corrected chi connectivity index (χ0v) is 23.6. The van der Waals surface area contributed by atoms with E-state index in [1.165, 1.54) is 4.90 Å². The lowest BCUT2D eigenvalue weighted by Crippen LogP contribution is -2.54. The number of ether oxygens (including phenoxy) is 1. The van der Waals surface area contributed by atoms with Crippen molar-refractivity contribution in [1.82, 2.24) is 19.8 Å². The molecule has 0 saturated carbocycles. The Morgan fingerprint density at radius 1 is 1.12 bits per heavy atom. The van der Waals surface area contributed by atoms with Crippen LogP contribution in [0.2, 0.25) is 0 Å². The third kappa shape index (κ3) is 5.47. The Labute approximate surface area is 235 Å². The van der Waals surface area contributed by atoms with Crippen LogP contribution >= 0.6 is 0 Å². The summed E-state index contributed by atoms with van der Waals surface area (Å²) in [6.45, 7) is 10.4. The van der Waals surface area contributed by atoms with Gasteiger partial charge < -0.3 is 25.0 Å². The Morgan fingerprint density at radius 2 is 1.85 bits per heavy atom. The number of hydrogen-bond acceptors (Lipinski definition) is 8. The second kappa shape index (κ2) is 11.6. The molecule has 2 saturated heterocycles. The number of rotatable bonds is 6. The first-order chi connectivity index (χ1) is 19.3. The molecule has 2 aliphatic rings. The number of nitrogens with zero attached hydrogens (tertiary/aromatic N) is 6. The number of aryl methyl sites for hydroxylation is 1. The number of piperidine rings is 1. The summed E-state index contributed by atoms with van der Waals surface area (Å²) in [5, 5.41) is 23.3. The molecule has 0 spiro atoms. The van der Waals surface area contributed by atoms with Crippen LogP contribution in [0.5, 0.6) is 5.75 Å². The van der Waals surface area contributed by atoms with E-state index in [1.54, 1.807) is 7.11 Å². The summed E-state index contributed by atoms with van der Waals surface area (Å²) in [5.41, 5.74) is 4.54. The first-order valence-corrected chi connectivity index (χ1v) is 13.9. The number of carboxylic acid groups (broad SMARTS) is 1. The highest BCUT2D eigenvalue weighted by Gasteiger charge is 2.30. The van der Waals surface area contributed by atoms with Crippen LogP contribution in [0.3, 0.4) is 0 Å².